The van der Waals surface area contributed by atoms with Crippen LogP contribution in [0.2, 0.25) is 0 Å². The molecule has 0 aliphatic carbocycles. The van der Waals surface area contributed by atoms with Crippen molar-refractivity contribution in [2.45, 2.75) is 0 Å². The van der Waals surface area contributed by atoms with Crippen LogP contribution < -0.4 is 14.2 Å². The van der Waals surface area contributed by atoms with Gasteiger partial charge in [0.05, 0.1) is 33.7 Å². The van der Waals surface area contributed by atoms with Gasteiger partial charge in [-0.1, -0.05) is 24.3 Å². The van der Waals surface area contributed by atoms with E-state index in [0.29, 0.717) is 28.5 Å². The van der Waals surface area contributed by atoms with Crippen molar-refractivity contribution in [3.05, 3.63) is 54.3 Å². The smallest absolute Gasteiger partial charge is 0.339 e. The van der Waals surface area contributed by atoms with Crippen molar-refractivity contribution < 1.29 is 28.8 Å². The molecule has 0 saturated carbocycles. The first-order valence-corrected chi connectivity index (χ1v) is 8.20. The molecule has 3 aromatic rings. The van der Waals surface area contributed by atoms with Crippen molar-refractivity contribution in [3.63, 3.8) is 0 Å². The predicted octanol–water partition coefficient (Wildman–Crippen LogP) is 3.51. The Bertz CT molecular complexity index is 1030. The van der Waals surface area contributed by atoms with Crippen molar-refractivity contribution in [3.8, 4) is 23.5 Å². The molecule has 0 aliphatic rings. The number of nitrogens with zero attached hydrogens (tertiary/aromatic N) is 2. The van der Waals surface area contributed by atoms with Crippen LogP contribution >= 0.6 is 0 Å². The Morgan fingerprint density at radius 2 is 1.71 bits per heavy atom. The summed E-state index contributed by atoms with van der Waals surface area (Å²) in [7, 11) is 4.35. The molecule has 8 heteroatoms. The van der Waals surface area contributed by atoms with Crippen LogP contribution in [0.1, 0.15) is 5.56 Å². The summed E-state index contributed by atoms with van der Waals surface area (Å²) < 4.78 is 20.9. The van der Waals surface area contributed by atoms with Crippen LogP contribution in [0.25, 0.3) is 16.3 Å². The van der Waals surface area contributed by atoms with E-state index in [-0.39, 0.29) is 11.6 Å². The van der Waals surface area contributed by atoms with Crippen LogP contribution in [-0.4, -0.2) is 42.4 Å². The fourth-order valence-electron chi connectivity index (χ4n) is 2.64. The van der Waals surface area contributed by atoms with Crippen LogP contribution in [0, 0.1) is 0 Å². The molecular formula is C20H18N2O6. The molecule has 8 nitrogen and oxygen atoms in total. The topological polar surface area (TPSA) is 100 Å². The minimum Gasteiger partial charge on any atom is -0.503 e. The first-order valence-electron chi connectivity index (χ1n) is 8.20. The minimum atomic E-state index is -1.10. The monoisotopic (exact) mass is 382 g/mol. The first-order chi connectivity index (χ1) is 13.5. The molecule has 0 fully saturated rings. The van der Waals surface area contributed by atoms with E-state index in [1.807, 2.05) is 12.1 Å². The Balaban J connectivity index is 2.06. The zero-order valence-electron chi connectivity index (χ0n) is 15.5. The number of aromatic nitrogens is 2. The molecule has 0 amide bonds. The molecule has 0 saturated heterocycles. The van der Waals surface area contributed by atoms with E-state index in [1.54, 1.807) is 24.3 Å². The van der Waals surface area contributed by atoms with Crippen molar-refractivity contribution >= 4 is 22.3 Å². The Hall–Kier alpha value is -3.81. The lowest BCUT2D eigenvalue weighted by atomic mass is 9.99. The largest absolute Gasteiger partial charge is 0.503 e. The summed E-state index contributed by atoms with van der Waals surface area (Å²) in [4.78, 5) is 19.9. The summed E-state index contributed by atoms with van der Waals surface area (Å²) in [6.07, 6.45) is 1.20. The van der Waals surface area contributed by atoms with Crippen LogP contribution in [0.3, 0.4) is 0 Å². The van der Waals surface area contributed by atoms with Crippen molar-refractivity contribution in [2.24, 2.45) is 0 Å². The molecule has 0 atom stereocenters. The zero-order chi connectivity index (χ0) is 20.1. The van der Waals surface area contributed by atoms with Gasteiger partial charge in [0.1, 0.15) is 11.3 Å². The lowest BCUT2D eigenvalue weighted by Crippen LogP contribution is -2.01. The second kappa shape index (κ2) is 8.26. The number of hydrogen-bond donors (Lipinski definition) is 1. The van der Waals surface area contributed by atoms with Gasteiger partial charge < -0.3 is 24.1 Å². The molecule has 0 bridgehead atoms. The molecule has 0 unspecified atom stereocenters. The number of benzene rings is 2. The number of ether oxygens (including phenoxy) is 4. The summed E-state index contributed by atoms with van der Waals surface area (Å²) in [5, 5.41) is 11.0. The number of hydrogen-bond acceptors (Lipinski definition) is 7. The van der Waals surface area contributed by atoms with Gasteiger partial charge in [0.15, 0.2) is 0 Å². The van der Waals surface area contributed by atoms with Gasteiger partial charge in [-0.05, 0) is 22.9 Å². The second-order valence-electron chi connectivity index (χ2n) is 5.60. The van der Waals surface area contributed by atoms with Gasteiger partial charge in [-0.3, -0.25) is 0 Å². The maximum absolute atomic E-state index is 11.6. The zero-order valence-corrected chi connectivity index (χ0v) is 15.5. The Morgan fingerprint density at radius 1 is 1.00 bits per heavy atom. The van der Waals surface area contributed by atoms with Crippen LogP contribution in [0.5, 0.6) is 23.5 Å². The maximum Gasteiger partial charge on any atom is 0.339 e. The highest BCUT2D eigenvalue weighted by Crippen LogP contribution is 2.31. The average molecular weight is 382 g/mol. The van der Waals surface area contributed by atoms with Gasteiger partial charge in [0, 0.05) is 5.56 Å². The molecule has 144 valence electrons. The van der Waals surface area contributed by atoms with Crippen LogP contribution in [0.4, 0.5) is 0 Å². The van der Waals surface area contributed by atoms with E-state index in [2.05, 4.69) is 9.97 Å². The normalized spacial score (nSPS) is 11.2. The highest BCUT2D eigenvalue weighted by Gasteiger charge is 2.15. The molecule has 3 rings (SSSR count). The standard InChI is InChI=1S/C20H18N2O6/c1-25-11-16(19(23)24)14-6-4-5-12-7-8-13(9-15(12)14)28-20-21-17(26-2)10-18(22-20)27-3/h4-11H,1-3H3,(H,23,24). The minimum absolute atomic E-state index is 0.0320. The fourth-order valence-corrected chi connectivity index (χ4v) is 2.64. The SMILES string of the molecule is COC=C(C(=O)O)c1cccc2ccc(Oc3nc(OC)cc(OC)n3)cc12. The third-order valence-electron chi connectivity index (χ3n) is 3.90. The summed E-state index contributed by atoms with van der Waals surface area (Å²) in [5.41, 5.74) is 0.533. The number of carboxylic acid groups (broad SMARTS) is 1. The number of carbonyl (C=O) groups is 1. The molecular weight excluding hydrogens is 364 g/mol. The Morgan fingerprint density at radius 3 is 2.32 bits per heavy atom. The van der Waals surface area contributed by atoms with Crippen LogP contribution in [0.15, 0.2) is 48.7 Å². The summed E-state index contributed by atoms with van der Waals surface area (Å²) >= 11 is 0. The summed E-state index contributed by atoms with van der Waals surface area (Å²) in [5.74, 6) is -0.0852. The van der Waals surface area contributed by atoms with E-state index < -0.39 is 5.97 Å². The van der Waals surface area contributed by atoms with E-state index >= 15 is 0 Å². The lowest BCUT2D eigenvalue weighted by molar-refractivity contribution is -0.130. The lowest BCUT2D eigenvalue weighted by Gasteiger charge is -2.11. The van der Waals surface area contributed by atoms with Crippen LogP contribution in [-0.2, 0) is 9.53 Å². The number of fused-ring (bicyclic) bond motifs is 1. The fraction of sp³-hybridized carbons (Fsp3) is 0.150. The summed E-state index contributed by atoms with van der Waals surface area (Å²) in [6, 6.07) is 12.2. The van der Waals surface area contributed by atoms with Gasteiger partial charge in [-0.15, -0.1) is 0 Å². The first kappa shape index (κ1) is 19.0. The number of rotatable bonds is 7. The molecule has 0 aliphatic heterocycles. The number of aliphatic carboxylic acids is 1. The van der Waals surface area contributed by atoms with E-state index in [0.717, 1.165) is 5.39 Å². The Labute approximate surface area is 161 Å². The number of methoxy groups -OCH3 is 3. The molecule has 0 radical (unpaired) electrons. The Kier molecular flexibility index (Phi) is 5.59. The molecule has 0 spiro atoms. The molecule has 2 aromatic carbocycles. The van der Waals surface area contributed by atoms with Gasteiger partial charge in [0.25, 0.3) is 0 Å². The highest BCUT2D eigenvalue weighted by molar-refractivity contribution is 6.19. The highest BCUT2D eigenvalue weighted by atomic mass is 16.5. The third-order valence-corrected chi connectivity index (χ3v) is 3.90. The van der Waals surface area contributed by atoms with E-state index in [4.69, 9.17) is 18.9 Å². The molecule has 1 aromatic heterocycles. The van der Waals surface area contributed by atoms with Gasteiger partial charge in [-0.2, -0.15) is 9.97 Å². The number of carboxylic acids is 1. The average Bonchev–Trinajstić information content (AvgIpc) is 2.71. The van der Waals surface area contributed by atoms with Crippen molar-refractivity contribution in [1.29, 1.82) is 0 Å². The van der Waals surface area contributed by atoms with E-state index in [1.165, 1.54) is 33.7 Å². The van der Waals surface area contributed by atoms with Gasteiger partial charge >= 0.3 is 12.0 Å². The van der Waals surface area contributed by atoms with Crippen molar-refractivity contribution in [2.75, 3.05) is 21.3 Å². The van der Waals surface area contributed by atoms with Crippen molar-refractivity contribution in [1.82, 2.24) is 9.97 Å². The molecule has 1 N–H and O–H groups in total. The predicted molar refractivity (Wildman–Crippen MR) is 102 cm³/mol. The maximum atomic E-state index is 11.6. The van der Waals surface area contributed by atoms with Gasteiger partial charge in [0.2, 0.25) is 11.8 Å². The summed E-state index contributed by atoms with van der Waals surface area (Å²) in [6.45, 7) is 0. The second-order valence-corrected chi connectivity index (χ2v) is 5.60. The van der Waals surface area contributed by atoms with E-state index in [9.17, 15) is 9.90 Å². The van der Waals surface area contributed by atoms with Gasteiger partial charge in [-0.25, -0.2) is 4.79 Å². The quantitative estimate of drug-likeness (QED) is 0.489. The molecule has 1 heterocycles. The molecule has 28 heavy (non-hydrogen) atoms. The third kappa shape index (κ3) is 3.96.